The van der Waals surface area contributed by atoms with Crippen LogP contribution in [0.4, 0.5) is 11.5 Å². The highest BCUT2D eigenvalue weighted by Crippen LogP contribution is 2.29. The summed E-state index contributed by atoms with van der Waals surface area (Å²) in [5.41, 5.74) is 14.0. The van der Waals surface area contributed by atoms with Crippen LogP contribution in [0, 0.1) is 22.7 Å². The van der Waals surface area contributed by atoms with Crippen molar-refractivity contribution in [1.82, 2.24) is 4.98 Å². The van der Waals surface area contributed by atoms with E-state index in [1.807, 2.05) is 12.1 Å². The van der Waals surface area contributed by atoms with Crippen molar-refractivity contribution in [2.24, 2.45) is 0 Å². The molecule has 0 unspecified atom stereocenters. The standard InChI is InChI=1S/C13H13N5/c14-6-9-11(3-1-2-8-4-5-8)18-13(17)10(7-15)12(9)16/h2H,1,3-5H2,(H4,16,17,18). The van der Waals surface area contributed by atoms with Crippen LogP contribution in [0.15, 0.2) is 11.6 Å². The molecule has 1 aliphatic rings. The minimum absolute atomic E-state index is 0.0934. The Labute approximate surface area is 105 Å². The second-order valence-electron chi connectivity index (χ2n) is 4.23. The summed E-state index contributed by atoms with van der Waals surface area (Å²) in [5.74, 6) is 0.100. The molecule has 1 aromatic heterocycles. The molecule has 0 bridgehead atoms. The van der Waals surface area contributed by atoms with E-state index in [0.29, 0.717) is 12.1 Å². The van der Waals surface area contributed by atoms with Gasteiger partial charge in [-0.1, -0.05) is 11.6 Å². The van der Waals surface area contributed by atoms with Crippen LogP contribution in [0.2, 0.25) is 0 Å². The molecular formula is C13H13N5. The van der Waals surface area contributed by atoms with Crippen LogP contribution in [0.25, 0.3) is 0 Å². The van der Waals surface area contributed by atoms with Gasteiger partial charge >= 0.3 is 0 Å². The van der Waals surface area contributed by atoms with Gasteiger partial charge in [0.1, 0.15) is 23.5 Å². The Hall–Kier alpha value is -2.53. The van der Waals surface area contributed by atoms with Crippen molar-refractivity contribution >= 4 is 11.5 Å². The smallest absolute Gasteiger partial charge is 0.143 e. The van der Waals surface area contributed by atoms with Crippen molar-refractivity contribution < 1.29 is 0 Å². The molecule has 0 atom stereocenters. The number of anilines is 2. The maximum Gasteiger partial charge on any atom is 0.143 e. The van der Waals surface area contributed by atoms with Crippen LogP contribution in [-0.2, 0) is 6.42 Å². The predicted molar refractivity (Wildman–Crippen MR) is 68.1 cm³/mol. The number of hydrogen-bond acceptors (Lipinski definition) is 5. The Bertz CT molecular complexity index is 595. The first-order valence-electron chi connectivity index (χ1n) is 5.73. The van der Waals surface area contributed by atoms with Crippen LogP contribution in [0.5, 0.6) is 0 Å². The van der Waals surface area contributed by atoms with Crippen LogP contribution >= 0.6 is 0 Å². The number of pyridine rings is 1. The lowest BCUT2D eigenvalue weighted by Gasteiger charge is -2.08. The molecule has 1 aliphatic carbocycles. The minimum atomic E-state index is 0.0934. The summed E-state index contributed by atoms with van der Waals surface area (Å²) in [6.45, 7) is 0. The van der Waals surface area contributed by atoms with E-state index in [9.17, 15) is 0 Å². The lowest BCUT2D eigenvalue weighted by Crippen LogP contribution is -2.07. The van der Waals surface area contributed by atoms with Gasteiger partial charge in [0, 0.05) is 0 Å². The molecule has 1 heterocycles. The SMILES string of the molecule is N#Cc1c(N)nc(CCC=C2CC2)c(C#N)c1N. The molecule has 5 nitrogen and oxygen atoms in total. The first-order valence-corrected chi connectivity index (χ1v) is 5.73. The van der Waals surface area contributed by atoms with E-state index in [1.54, 1.807) is 0 Å². The van der Waals surface area contributed by atoms with Crippen molar-refractivity contribution in [3.63, 3.8) is 0 Å². The van der Waals surface area contributed by atoms with Gasteiger partial charge in [-0.2, -0.15) is 10.5 Å². The van der Waals surface area contributed by atoms with E-state index in [1.165, 1.54) is 18.4 Å². The number of nitrogens with two attached hydrogens (primary N) is 2. The summed E-state index contributed by atoms with van der Waals surface area (Å²) < 4.78 is 0. The summed E-state index contributed by atoms with van der Waals surface area (Å²) >= 11 is 0. The summed E-state index contributed by atoms with van der Waals surface area (Å²) in [7, 11) is 0. The van der Waals surface area contributed by atoms with Gasteiger partial charge in [0.25, 0.3) is 0 Å². The van der Waals surface area contributed by atoms with Crippen LogP contribution in [0.3, 0.4) is 0 Å². The zero-order chi connectivity index (χ0) is 13.1. The molecule has 0 aliphatic heterocycles. The zero-order valence-corrected chi connectivity index (χ0v) is 9.90. The molecule has 4 N–H and O–H groups in total. The third kappa shape index (κ3) is 2.26. The molecule has 18 heavy (non-hydrogen) atoms. The Kier molecular flexibility index (Phi) is 3.16. The lowest BCUT2D eigenvalue weighted by atomic mass is 10.0. The Balaban J connectivity index is 2.32. The Morgan fingerprint density at radius 3 is 2.39 bits per heavy atom. The maximum atomic E-state index is 9.10. The van der Waals surface area contributed by atoms with Crippen molar-refractivity contribution in [2.45, 2.75) is 25.7 Å². The average molecular weight is 239 g/mol. The normalized spacial score (nSPS) is 12.7. The second-order valence-corrected chi connectivity index (χ2v) is 4.23. The largest absolute Gasteiger partial charge is 0.396 e. The first-order chi connectivity index (χ1) is 8.67. The summed E-state index contributed by atoms with van der Waals surface area (Å²) in [6.07, 6.45) is 5.95. The van der Waals surface area contributed by atoms with Gasteiger partial charge in [-0.3, -0.25) is 0 Å². The van der Waals surface area contributed by atoms with Gasteiger partial charge < -0.3 is 11.5 Å². The molecule has 0 radical (unpaired) electrons. The summed E-state index contributed by atoms with van der Waals surface area (Å²) in [5, 5.41) is 18.0. The van der Waals surface area contributed by atoms with Crippen molar-refractivity contribution in [3.8, 4) is 12.1 Å². The number of aryl methyl sites for hydroxylation is 1. The molecule has 0 saturated heterocycles. The molecule has 1 saturated carbocycles. The number of nitrogen functional groups attached to an aromatic ring is 2. The predicted octanol–water partition coefficient (Wildman–Crippen LogP) is 1.64. The molecule has 1 aromatic rings. The zero-order valence-electron chi connectivity index (χ0n) is 9.90. The van der Waals surface area contributed by atoms with Gasteiger partial charge in [0.05, 0.1) is 16.9 Å². The summed E-state index contributed by atoms with van der Waals surface area (Å²) in [6, 6.07) is 3.88. The van der Waals surface area contributed by atoms with E-state index < -0.39 is 0 Å². The third-order valence-electron chi connectivity index (χ3n) is 2.92. The number of hydrogen-bond donors (Lipinski definition) is 2. The molecular weight excluding hydrogens is 226 g/mol. The number of nitriles is 2. The molecule has 0 amide bonds. The fourth-order valence-electron chi connectivity index (χ4n) is 1.79. The summed E-state index contributed by atoms with van der Waals surface area (Å²) in [4.78, 5) is 4.12. The third-order valence-corrected chi connectivity index (χ3v) is 2.92. The van der Waals surface area contributed by atoms with E-state index in [4.69, 9.17) is 22.0 Å². The lowest BCUT2D eigenvalue weighted by molar-refractivity contribution is 0.938. The van der Waals surface area contributed by atoms with Gasteiger partial charge in [-0.25, -0.2) is 4.98 Å². The van der Waals surface area contributed by atoms with E-state index in [2.05, 4.69) is 11.1 Å². The van der Waals surface area contributed by atoms with Crippen LogP contribution in [-0.4, -0.2) is 4.98 Å². The van der Waals surface area contributed by atoms with Gasteiger partial charge in [0.15, 0.2) is 0 Å². The van der Waals surface area contributed by atoms with Gasteiger partial charge in [0.2, 0.25) is 0 Å². The highest BCUT2D eigenvalue weighted by molar-refractivity contribution is 5.71. The number of aromatic nitrogens is 1. The van der Waals surface area contributed by atoms with E-state index in [0.717, 1.165) is 6.42 Å². The molecule has 90 valence electrons. The number of rotatable bonds is 3. The monoisotopic (exact) mass is 239 g/mol. The average Bonchev–Trinajstić information content (AvgIpc) is 3.13. The first kappa shape index (κ1) is 11.9. The highest BCUT2D eigenvalue weighted by atomic mass is 14.9. The van der Waals surface area contributed by atoms with Crippen molar-refractivity contribution in [2.75, 3.05) is 11.5 Å². The van der Waals surface area contributed by atoms with Crippen LogP contribution in [0.1, 0.15) is 36.1 Å². The quantitative estimate of drug-likeness (QED) is 0.778. The Morgan fingerprint density at radius 1 is 1.17 bits per heavy atom. The topological polar surface area (TPSA) is 113 Å². The number of allylic oxidation sites excluding steroid dienone is 2. The van der Waals surface area contributed by atoms with Gasteiger partial charge in [-0.05, 0) is 25.7 Å². The maximum absolute atomic E-state index is 9.10. The Morgan fingerprint density at radius 2 is 1.83 bits per heavy atom. The second kappa shape index (κ2) is 4.77. The molecule has 2 rings (SSSR count). The minimum Gasteiger partial charge on any atom is -0.396 e. The molecule has 1 fully saturated rings. The van der Waals surface area contributed by atoms with Crippen molar-refractivity contribution in [3.05, 3.63) is 28.5 Å². The fourth-order valence-corrected chi connectivity index (χ4v) is 1.79. The van der Waals surface area contributed by atoms with E-state index >= 15 is 0 Å². The highest BCUT2D eigenvalue weighted by Gasteiger charge is 2.16. The van der Waals surface area contributed by atoms with Crippen LogP contribution < -0.4 is 11.5 Å². The van der Waals surface area contributed by atoms with E-state index in [-0.39, 0.29) is 22.6 Å². The van der Waals surface area contributed by atoms with Gasteiger partial charge in [-0.15, -0.1) is 0 Å². The number of nitrogens with zero attached hydrogens (tertiary/aromatic N) is 3. The molecule has 5 heteroatoms. The molecule has 0 aromatic carbocycles. The molecule has 0 spiro atoms. The van der Waals surface area contributed by atoms with Crippen molar-refractivity contribution in [1.29, 1.82) is 10.5 Å². The fraction of sp³-hybridized carbons (Fsp3) is 0.308.